The molecule has 0 aliphatic heterocycles. The van der Waals surface area contributed by atoms with Gasteiger partial charge in [-0.2, -0.15) is 0 Å². The Morgan fingerprint density at radius 2 is 2.18 bits per heavy atom. The summed E-state index contributed by atoms with van der Waals surface area (Å²) in [4.78, 5) is 2.02. The first-order chi connectivity index (χ1) is 5.16. The molecule has 0 aliphatic carbocycles. The molecule has 0 spiro atoms. The third-order valence-electron chi connectivity index (χ3n) is 1.17. The van der Waals surface area contributed by atoms with Crippen LogP contribution in [0.15, 0.2) is 0 Å². The number of nitrogens with zero attached hydrogens (tertiary/aromatic N) is 1. The standard InChI is InChI=1S/C7H16ClNO2/c1-9(2)3-4-11-6-7(10)5-8/h7,10H,3-6H2,1-2H3/t7-/m1/s1. The summed E-state index contributed by atoms with van der Waals surface area (Å²) in [6.45, 7) is 1.84. The van der Waals surface area contributed by atoms with E-state index in [4.69, 9.17) is 21.4 Å². The van der Waals surface area contributed by atoms with Gasteiger partial charge in [-0.1, -0.05) is 0 Å². The summed E-state index contributed by atoms with van der Waals surface area (Å²) >= 11 is 5.35. The quantitative estimate of drug-likeness (QED) is 0.468. The Balaban J connectivity index is 3.01. The Morgan fingerprint density at radius 1 is 1.55 bits per heavy atom. The average molecular weight is 182 g/mol. The lowest BCUT2D eigenvalue weighted by molar-refractivity contribution is 0.0418. The molecule has 0 saturated heterocycles. The van der Waals surface area contributed by atoms with Gasteiger partial charge in [-0.3, -0.25) is 0 Å². The summed E-state index contributed by atoms with van der Waals surface area (Å²) in [6.07, 6.45) is -0.529. The second-order valence-electron chi connectivity index (χ2n) is 2.69. The maximum Gasteiger partial charge on any atom is 0.0908 e. The van der Waals surface area contributed by atoms with Crippen molar-refractivity contribution in [2.75, 3.05) is 39.7 Å². The van der Waals surface area contributed by atoms with Crippen LogP contribution in [0.4, 0.5) is 0 Å². The van der Waals surface area contributed by atoms with Crippen LogP contribution in [-0.2, 0) is 4.74 Å². The Bertz CT molecular complexity index is 90.5. The van der Waals surface area contributed by atoms with Gasteiger partial charge in [0.05, 0.1) is 25.2 Å². The second-order valence-corrected chi connectivity index (χ2v) is 2.99. The van der Waals surface area contributed by atoms with Crippen LogP contribution < -0.4 is 0 Å². The molecular weight excluding hydrogens is 166 g/mol. The molecule has 11 heavy (non-hydrogen) atoms. The van der Waals surface area contributed by atoms with E-state index in [0.717, 1.165) is 6.54 Å². The molecule has 0 saturated carbocycles. The van der Waals surface area contributed by atoms with Gasteiger partial charge in [0.2, 0.25) is 0 Å². The molecule has 1 N–H and O–H groups in total. The van der Waals surface area contributed by atoms with E-state index in [-0.39, 0.29) is 5.88 Å². The van der Waals surface area contributed by atoms with Crippen LogP contribution in [0, 0.1) is 0 Å². The molecule has 0 rings (SSSR count). The Hall–Kier alpha value is 0.170. The first-order valence-electron chi connectivity index (χ1n) is 3.63. The molecule has 0 aromatic carbocycles. The van der Waals surface area contributed by atoms with Gasteiger partial charge in [0.1, 0.15) is 0 Å². The first-order valence-corrected chi connectivity index (χ1v) is 4.16. The summed E-state index contributed by atoms with van der Waals surface area (Å²) in [5.41, 5.74) is 0. The Morgan fingerprint density at radius 3 is 2.64 bits per heavy atom. The number of aliphatic hydroxyl groups excluding tert-OH is 1. The van der Waals surface area contributed by atoms with Crippen LogP contribution in [0.1, 0.15) is 0 Å². The summed E-state index contributed by atoms with van der Waals surface area (Å²) in [5.74, 6) is 0.238. The van der Waals surface area contributed by atoms with Crippen LogP contribution in [0.2, 0.25) is 0 Å². The van der Waals surface area contributed by atoms with E-state index in [1.807, 2.05) is 19.0 Å². The van der Waals surface area contributed by atoms with Crippen molar-refractivity contribution in [3.05, 3.63) is 0 Å². The highest BCUT2D eigenvalue weighted by atomic mass is 35.5. The van der Waals surface area contributed by atoms with Gasteiger partial charge in [-0.05, 0) is 14.1 Å². The van der Waals surface area contributed by atoms with Gasteiger partial charge < -0.3 is 14.7 Å². The lowest BCUT2D eigenvalue weighted by Crippen LogP contribution is -2.22. The summed E-state index contributed by atoms with van der Waals surface area (Å²) in [5, 5.41) is 8.95. The Labute approximate surface area is 72.9 Å². The third-order valence-corrected chi connectivity index (χ3v) is 1.53. The van der Waals surface area contributed by atoms with E-state index in [1.165, 1.54) is 0 Å². The van der Waals surface area contributed by atoms with Gasteiger partial charge in [-0.25, -0.2) is 0 Å². The second kappa shape index (κ2) is 6.85. The van der Waals surface area contributed by atoms with Crippen molar-refractivity contribution in [2.24, 2.45) is 0 Å². The van der Waals surface area contributed by atoms with Gasteiger partial charge in [-0.15, -0.1) is 11.6 Å². The number of rotatable bonds is 6. The number of halogens is 1. The fourth-order valence-corrected chi connectivity index (χ4v) is 0.600. The molecule has 0 heterocycles. The summed E-state index contributed by atoms with van der Waals surface area (Å²) in [7, 11) is 3.95. The molecule has 0 bridgehead atoms. The molecule has 0 aliphatic rings. The molecule has 4 heteroatoms. The lowest BCUT2D eigenvalue weighted by Gasteiger charge is -2.11. The molecule has 1 atom stereocenters. The fourth-order valence-electron chi connectivity index (χ4n) is 0.511. The van der Waals surface area contributed by atoms with Gasteiger partial charge in [0.15, 0.2) is 0 Å². The van der Waals surface area contributed by atoms with Gasteiger partial charge in [0, 0.05) is 6.54 Å². The summed E-state index contributed by atoms with van der Waals surface area (Å²) in [6, 6.07) is 0. The maximum atomic E-state index is 8.95. The van der Waals surface area contributed by atoms with Gasteiger partial charge >= 0.3 is 0 Å². The zero-order valence-corrected chi connectivity index (χ0v) is 7.84. The van der Waals surface area contributed by atoms with E-state index in [9.17, 15) is 0 Å². The van der Waals surface area contributed by atoms with Crippen LogP contribution in [0.3, 0.4) is 0 Å². The average Bonchev–Trinajstić information content (AvgIpc) is 1.97. The number of hydrogen-bond donors (Lipinski definition) is 1. The van der Waals surface area contributed by atoms with E-state index in [0.29, 0.717) is 13.2 Å². The molecule has 68 valence electrons. The predicted octanol–water partition coefficient (Wildman–Crippen LogP) is 0.164. The van der Waals surface area contributed by atoms with Crippen LogP contribution >= 0.6 is 11.6 Å². The van der Waals surface area contributed by atoms with Crippen LogP contribution in [0.25, 0.3) is 0 Å². The zero-order chi connectivity index (χ0) is 8.69. The van der Waals surface area contributed by atoms with Crippen molar-refractivity contribution < 1.29 is 9.84 Å². The number of likely N-dealkylation sites (N-methyl/N-ethyl adjacent to an activating group) is 1. The molecule has 0 aromatic heterocycles. The molecule has 0 amide bonds. The van der Waals surface area contributed by atoms with E-state index in [1.54, 1.807) is 0 Å². The minimum atomic E-state index is -0.529. The fraction of sp³-hybridized carbons (Fsp3) is 1.00. The minimum absolute atomic E-state index is 0.238. The topological polar surface area (TPSA) is 32.7 Å². The number of aliphatic hydroxyl groups is 1. The van der Waals surface area contributed by atoms with Crippen LogP contribution in [0.5, 0.6) is 0 Å². The maximum absolute atomic E-state index is 8.95. The van der Waals surface area contributed by atoms with Crippen molar-refractivity contribution in [2.45, 2.75) is 6.10 Å². The highest BCUT2D eigenvalue weighted by molar-refractivity contribution is 6.18. The smallest absolute Gasteiger partial charge is 0.0908 e. The SMILES string of the molecule is CN(C)CCOC[C@H](O)CCl. The van der Waals surface area contributed by atoms with E-state index in [2.05, 4.69) is 0 Å². The monoisotopic (exact) mass is 181 g/mol. The number of ether oxygens (including phenoxy) is 1. The Kier molecular flexibility index (Phi) is 6.96. The largest absolute Gasteiger partial charge is 0.389 e. The van der Waals surface area contributed by atoms with E-state index < -0.39 is 6.10 Å². The molecular formula is C7H16ClNO2. The molecule has 0 aromatic rings. The first kappa shape index (κ1) is 11.2. The highest BCUT2D eigenvalue weighted by Gasteiger charge is 2.00. The molecule has 0 unspecified atom stereocenters. The summed E-state index contributed by atoms with van der Waals surface area (Å²) < 4.78 is 5.12. The van der Waals surface area contributed by atoms with Crippen molar-refractivity contribution in [3.8, 4) is 0 Å². The van der Waals surface area contributed by atoms with E-state index >= 15 is 0 Å². The van der Waals surface area contributed by atoms with Crippen molar-refractivity contribution in [3.63, 3.8) is 0 Å². The number of hydrogen-bond acceptors (Lipinski definition) is 3. The molecule has 0 fully saturated rings. The third kappa shape index (κ3) is 8.07. The predicted molar refractivity (Wildman–Crippen MR) is 46.1 cm³/mol. The van der Waals surface area contributed by atoms with Crippen LogP contribution in [-0.4, -0.2) is 55.8 Å². The van der Waals surface area contributed by atoms with Crippen molar-refractivity contribution in [1.82, 2.24) is 4.90 Å². The molecule has 3 nitrogen and oxygen atoms in total. The lowest BCUT2D eigenvalue weighted by atomic mass is 10.4. The zero-order valence-electron chi connectivity index (χ0n) is 7.09. The highest BCUT2D eigenvalue weighted by Crippen LogP contribution is 1.88. The normalized spacial score (nSPS) is 13.9. The van der Waals surface area contributed by atoms with Crippen molar-refractivity contribution >= 4 is 11.6 Å². The van der Waals surface area contributed by atoms with Gasteiger partial charge in [0.25, 0.3) is 0 Å². The minimum Gasteiger partial charge on any atom is -0.389 e. The molecule has 0 radical (unpaired) electrons. The number of alkyl halides is 1. The van der Waals surface area contributed by atoms with Crippen molar-refractivity contribution in [1.29, 1.82) is 0 Å².